The number of ketones is 2. The van der Waals surface area contributed by atoms with Crippen molar-refractivity contribution < 1.29 is 44.3 Å². The zero-order valence-corrected chi connectivity index (χ0v) is 21.0. The number of esters is 1. The molecule has 1 amide bonds. The first-order chi connectivity index (χ1) is 17.2. The second-order valence-corrected chi connectivity index (χ2v) is 9.98. The van der Waals surface area contributed by atoms with Crippen LogP contribution in [0.3, 0.4) is 0 Å². The smallest absolute Gasteiger partial charge is 0.302 e. The molecule has 3 aliphatic rings. The number of benzene rings is 1. The van der Waals surface area contributed by atoms with Gasteiger partial charge in [0.2, 0.25) is 5.78 Å². The fraction of sp³-hybridized carbons (Fsp3) is 0.440. The highest BCUT2D eigenvalue weighted by Crippen LogP contribution is 2.54. The number of phenols is 1. The number of aliphatic hydroxyl groups is 3. The van der Waals surface area contributed by atoms with Gasteiger partial charge in [0.25, 0.3) is 5.91 Å². The average molecular weight is 516 g/mol. The minimum atomic E-state index is -2.95. The Balaban J connectivity index is 2.09. The molecule has 0 radical (unpaired) electrons. The topological polar surface area (TPSA) is 191 Å². The first kappa shape index (κ1) is 26.2. The van der Waals surface area contributed by atoms with E-state index in [1.165, 1.54) is 25.1 Å². The standard InChI is InChI=1S/C25H29N3O9/c1-9(29)37-21-11-8-10-12(27(2)3)6-7-13(30)14(10)19(31)15(11)22(33)25(36)17(21)18(28(4)5)20(32)16(23(25)34)24(26)35/h6-7,11,17-18,21,30,32-33,36H,8H2,1-5H3,(H2,26,35)/t11-,17-,18+,21+,25+/m1/s1. The van der Waals surface area contributed by atoms with Crippen LogP contribution in [0.15, 0.2) is 34.8 Å². The second-order valence-electron chi connectivity index (χ2n) is 9.98. The number of primary amides is 1. The van der Waals surface area contributed by atoms with E-state index < -0.39 is 75.7 Å². The number of fused-ring (bicyclic) bond motifs is 3. The van der Waals surface area contributed by atoms with Crippen LogP contribution in [0.1, 0.15) is 22.8 Å². The molecular weight excluding hydrogens is 486 g/mol. The summed E-state index contributed by atoms with van der Waals surface area (Å²) in [5.74, 6) is -9.20. The summed E-state index contributed by atoms with van der Waals surface area (Å²) in [5, 5.41) is 44.8. The summed E-state index contributed by atoms with van der Waals surface area (Å²) >= 11 is 0. The maximum Gasteiger partial charge on any atom is 0.302 e. The fourth-order valence-electron chi connectivity index (χ4n) is 5.99. The van der Waals surface area contributed by atoms with Gasteiger partial charge in [-0.25, -0.2) is 0 Å². The lowest BCUT2D eigenvalue weighted by Gasteiger charge is -2.53. The van der Waals surface area contributed by atoms with Crippen LogP contribution in [0.4, 0.5) is 5.69 Å². The Kier molecular flexibility index (Phi) is 6.08. The summed E-state index contributed by atoms with van der Waals surface area (Å²) in [6.45, 7) is 1.10. The number of nitrogens with zero attached hydrogens (tertiary/aromatic N) is 2. The van der Waals surface area contributed by atoms with Gasteiger partial charge >= 0.3 is 5.97 Å². The molecule has 4 rings (SSSR count). The molecular formula is C25H29N3O9. The van der Waals surface area contributed by atoms with Crippen LogP contribution in [0, 0.1) is 11.8 Å². The Labute approximate surface area is 212 Å². The van der Waals surface area contributed by atoms with E-state index in [9.17, 15) is 39.6 Å². The molecule has 0 unspecified atom stereocenters. The molecule has 0 saturated carbocycles. The summed E-state index contributed by atoms with van der Waals surface area (Å²) in [4.78, 5) is 54.8. The molecule has 0 fully saturated rings. The maximum atomic E-state index is 13.8. The highest BCUT2D eigenvalue weighted by atomic mass is 16.5. The van der Waals surface area contributed by atoms with Gasteiger partial charge in [-0.15, -0.1) is 0 Å². The first-order valence-corrected chi connectivity index (χ1v) is 11.5. The molecule has 5 atom stereocenters. The first-order valence-electron chi connectivity index (χ1n) is 11.5. The van der Waals surface area contributed by atoms with E-state index in [0.29, 0.717) is 11.3 Å². The normalized spacial score (nSPS) is 29.1. The third-order valence-corrected chi connectivity index (χ3v) is 7.42. The predicted molar refractivity (Wildman–Crippen MR) is 129 cm³/mol. The number of hydrogen-bond acceptors (Lipinski definition) is 11. The number of ether oxygens (including phenoxy) is 1. The van der Waals surface area contributed by atoms with Crippen LogP contribution in [0.25, 0.3) is 0 Å². The lowest BCUT2D eigenvalue weighted by atomic mass is 9.57. The average Bonchev–Trinajstić information content (AvgIpc) is 2.77. The largest absolute Gasteiger partial charge is 0.510 e. The van der Waals surface area contributed by atoms with Gasteiger partial charge in [-0.2, -0.15) is 0 Å². The van der Waals surface area contributed by atoms with Crippen molar-refractivity contribution in [1.82, 2.24) is 4.90 Å². The molecule has 0 heterocycles. The van der Waals surface area contributed by atoms with E-state index in [0.717, 1.165) is 6.92 Å². The SMILES string of the molecule is CC(=O)O[C@@H]1[C@H]2[C@H](N(C)C)C(O)=C(C(N)=O)C(=O)[C@@]2(O)C(O)=C2C(=O)c3c(O)ccc(N(C)C)c3C[C@H]21. The number of aromatic hydroxyl groups is 1. The Morgan fingerprint density at radius 2 is 1.73 bits per heavy atom. The van der Waals surface area contributed by atoms with Crippen molar-refractivity contribution >= 4 is 29.1 Å². The molecule has 0 bridgehead atoms. The number of nitrogens with two attached hydrogens (primary N) is 1. The van der Waals surface area contributed by atoms with E-state index in [4.69, 9.17) is 10.5 Å². The van der Waals surface area contributed by atoms with Gasteiger partial charge < -0.3 is 35.8 Å². The fourth-order valence-corrected chi connectivity index (χ4v) is 5.99. The molecule has 0 saturated heterocycles. The van der Waals surface area contributed by atoms with E-state index in [2.05, 4.69) is 0 Å². The second kappa shape index (κ2) is 8.60. The number of carbonyl (C=O) groups excluding carboxylic acids is 4. The Morgan fingerprint density at radius 3 is 2.24 bits per heavy atom. The molecule has 0 spiro atoms. The van der Waals surface area contributed by atoms with Crippen molar-refractivity contribution in [3.8, 4) is 5.75 Å². The summed E-state index contributed by atoms with van der Waals surface area (Å²) in [7, 11) is 6.44. The van der Waals surface area contributed by atoms with E-state index in [1.54, 1.807) is 25.1 Å². The highest BCUT2D eigenvalue weighted by molar-refractivity contribution is 6.25. The number of rotatable bonds is 4. The molecule has 198 valence electrons. The number of amides is 1. The van der Waals surface area contributed by atoms with Crippen LogP contribution in [-0.4, -0.2) is 94.7 Å². The lowest BCUT2D eigenvalue weighted by molar-refractivity contribution is -0.178. The summed E-state index contributed by atoms with van der Waals surface area (Å²) < 4.78 is 5.61. The molecule has 37 heavy (non-hydrogen) atoms. The van der Waals surface area contributed by atoms with Crippen LogP contribution in [0.2, 0.25) is 0 Å². The Hall–Kier alpha value is -3.90. The lowest BCUT2D eigenvalue weighted by Crippen LogP contribution is -2.68. The van der Waals surface area contributed by atoms with Gasteiger partial charge in [0.1, 0.15) is 28.9 Å². The number of phenolic OH excluding ortho intramolecular Hbond substituents is 1. The molecule has 1 aromatic rings. The monoisotopic (exact) mass is 515 g/mol. The summed E-state index contributed by atoms with van der Waals surface area (Å²) in [6, 6.07) is 1.61. The molecule has 1 aromatic carbocycles. The van der Waals surface area contributed by atoms with Crippen LogP contribution in [0.5, 0.6) is 5.75 Å². The highest BCUT2D eigenvalue weighted by Gasteiger charge is 2.67. The van der Waals surface area contributed by atoms with Crippen molar-refractivity contribution in [2.24, 2.45) is 17.6 Å². The quantitative estimate of drug-likeness (QED) is 0.262. The maximum absolute atomic E-state index is 13.8. The van der Waals surface area contributed by atoms with Crippen molar-refractivity contribution in [1.29, 1.82) is 0 Å². The molecule has 0 aromatic heterocycles. The summed E-state index contributed by atoms with van der Waals surface area (Å²) in [5.41, 5.74) is 1.90. The van der Waals surface area contributed by atoms with Crippen molar-refractivity contribution in [2.45, 2.75) is 31.1 Å². The molecule has 0 aliphatic heterocycles. The van der Waals surface area contributed by atoms with E-state index in [-0.39, 0.29) is 17.7 Å². The van der Waals surface area contributed by atoms with Gasteiger partial charge in [-0.3, -0.25) is 24.1 Å². The number of aliphatic hydroxyl groups excluding tert-OH is 2. The Bertz CT molecular complexity index is 1310. The predicted octanol–water partition coefficient (Wildman–Crippen LogP) is -0.272. The number of carbonyl (C=O) groups is 4. The number of anilines is 1. The van der Waals surface area contributed by atoms with Gasteiger partial charge in [-0.05, 0) is 38.2 Å². The van der Waals surface area contributed by atoms with Crippen LogP contribution < -0.4 is 10.6 Å². The van der Waals surface area contributed by atoms with Crippen molar-refractivity contribution in [3.05, 3.63) is 45.9 Å². The number of Topliss-reactive ketones (excluding diaryl/α,β-unsaturated/α-hetero) is 2. The molecule has 12 nitrogen and oxygen atoms in total. The van der Waals surface area contributed by atoms with Gasteiger partial charge in [0.15, 0.2) is 11.4 Å². The van der Waals surface area contributed by atoms with E-state index >= 15 is 0 Å². The molecule has 3 aliphatic carbocycles. The number of likely N-dealkylation sites (N-methyl/N-ethyl adjacent to an activating group) is 1. The van der Waals surface area contributed by atoms with Gasteiger partial charge in [-0.1, -0.05) is 0 Å². The zero-order chi connectivity index (χ0) is 27.7. The van der Waals surface area contributed by atoms with Gasteiger partial charge in [0.05, 0.1) is 17.5 Å². The molecule has 12 heteroatoms. The van der Waals surface area contributed by atoms with E-state index in [1.807, 2.05) is 0 Å². The Morgan fingerprint density at radius 1 is 1.11 bits per heavy atom. The van der Waals surface area contributed by atoms with Crippen molar-refractivity contribution in [2.75, 3.05) is 33.1 Å². The minimum absolute atomic E-state index is 0.0194. The summed E-state index contributed by atoms with van der Waals surface area (Å²) in [6.07, 6.45) is -1.43. The van der Waals surface area contributed by atoms with Crippen molar-refractivity contribution in [3.63, 3.8) is 0 Å². The van der Waals surface area contributed by atoms with Crippen LogP contribution in [-0.2, 0) is 25.5 Å². The minimum Gasteiger partial charge on any atom is -0.510 e. The zero-order valence-electron chi connectivity index (χ0n) is 21.0. The number of hydrogen-bond donors (Lipinski definition) is 5. The third kappa shape index (κ3) is 3.50. The van der Waals surface area contributed by atoms with Crippen LogP contribution >= 0.6 is 0 Å². The molecule has 6 N–H and O–H groups in total. The van der Waals surface area contributed by atoms with Gasteiger partial charge in [0, 0.05) is 38.2 Å². The third-order valence-electron chi connectivity index (χ3n) is 7.42.